The molecule has 4 aromatic rings. The van der Waals surface area contributed by atoms with Gasteiger partial charge in [0.25, 0.3) is 0 Å². The predicted molar refractivity (Wildman–Crippen MR) is 155 cm³/mol. The van der Waals surface area contributed by atoms with Crippen molar-refractivity contribution in [1.29, 1.82) is 0 Å². The number of methoxy groups -OCH3 is 4. The van der Waals surface area contributed by atoms with Gasteiger partial charge in [-0.15, -0.1) is 0 Å². The fourth-order valence-electron chi connectivity index (χ4n) is 6.10. The molecule has 5 rings (SSSR count). The molecule has 0 spiro atoms. The summed E-state index contributed by atoms with van der Waals surface area (Å²) in [5.41, 5.74) is 5.51. The van der Waals surface area contributed by atoms with Crippen LogP contribution in [0.4, 0.5) is 11.4 Å². The maximum atomic E-state index is 11.7. The van der Waals surface area contributed by atoms with Gasteiger partial charge in [-0.2, -0.15) is 10.5 Å². The van der Waals surface area contributed by atoms with E-state index in [1.807, 2.05) is 54.6 Å². The summed E-state index contributed by atoms with van der Waals surface area (Å²) in [7, 11) is 6.41. The second-order valence-electron chi connectivity index (χ2n) is 10.2. The highest BCUT2D eigenvalue weighted by molar-refractivity contribution is 5.60. The SMILES string of the molecule is COc1ccc(C2c3cc(OC)c(OC)cc3C(Cc3ccc([NH+]([O-])O)cc3)C2c2ccc([NH+]([O-])O)cc2)cc1OC. The Morgan fingerprint density at radius 2 is 1.07 bits per heavy atom. The van der Waals surface area contributed by atoms with Crippen molar-refractivity contribution in [2.75, 3.05) is 28.4 Å². The van der Waals surface area contributed by atoms with Crippen LogP contribution in [-0.2, 0) is 6.42 Å². The fourth-order valence-corrected chi connectivity index (χ4v) is 6.10. The van der Waals surface area contributed by atoms with Crippen molar-refractivity contribution in [2.24, 2.45) is 0 Å². The average molecular weight is 575 g/mol. The molecule has 4 N–H and O–H groups in total. The van der Waals surface area contributed by atoms with Gasteiger partial charge in [0, 0.05) is 36.1 Å². The molecule has 1 aliphatic carbocycles. The molecular formula is C32H34N2O8. The first-order valence-electron chi connectivity index (χ1n) is 13.4. The van der Waals surface area contributed by atoms with E-state index in [2.05, 4.69) is 0 Å². The second-order valence-corrected chi connectivity index (χ2v) is 10.2. The number of ether oxygens (including phenoxy) is 4. The van der Waals surface area contributed by atoms with E-state index in [-0.39, 0.29) is 29.1 Å². The summed E-state index contributed by atoms with van der Waals surface area (Å²) in [5.74, 6) is 2.09. The Morgan fingerprint density at radius 1 is 0.595 bits per heavy atom. The Labute approximate surface area is 243 Å². The summed E-state index contributed by atoms with van der Waals surface area (Å²) < 4.78 is 22.6. The van der Waals surface area contributed by atoms with Crippen molar-refractivity contribution in [3.8, 4) is 23.0 Å². The van der Waals surface area contributed by atoms with Gasteiger partial charge in [-0.1, -0.05) is 30.3 Å². The second kappa shape index (κ2) is 12.4. The molecule has 0 amide bonds. The number of hydrogen-bond acceptors (Lipinski definition) is 8. The molecule has 0 fully saturated rings. The van der Waals surface area contributed by atoms with E-state index < -0.39 is 10.5 Å². The Morgan fingerprint density at radius 3 is 1.60 bits per heavy atom. The van der Waals surface area contributed by atoms with Crippen molar-refractivity contribution in [1.82, 2.24) is 0 Å². The fraction of sp³-hybridized carbons (Fsp3) is 0.250. The summed E-state index contributed by atoms with van der Waals surface area (Å²) >= 11 is 0. The molecule has 5 atom stereocenters. The van der Waals surface area contributed by atoms with Crippen LogP contribution in [0, 0.1) is 10.4 Å². The van der Waals surface area contributed by atoms with Crippen molar-refractivity contribution in [2.45, 2.75) is 24.2 Å². The van der Waals surface area contributed by atoms with E-state index in [4.69, 9.17) is 18.9 Å². The number of quaternary nitrogens is 2. The van der Waals surface area contributed by atoms with Crippen LogP contribution >= 0.6 is 0 Å². The molecule has 10 nitrogen and oxygen atoms in total. The zero-order valence-electron chi connectivity index (χ0n) is 23.8. The van der Waals surface area contributed by atoms with Crippen LogP contribution in [0.25, 0.3) is 0 Å². The quantitative estimate of drug-likeness (QED) is 0.211. The van der Waals surface area contributed by atoms with Crippen molar-refractivity contribution >= 4 is 11.4 Å². The lowest BCUT2D eigenvalue weighted by Gasteiger charge is -2.28. The normalized spacial score (nSPS) is 19.1. The average Bonchev–Trinajstić information content (AvgIpc) is 3.32. The van der Waals surface area contributed by atoms with Crippen LogP contribution in [0.15, 0.2) is 78.9 Å². The molecule has 42 heavy (non-hydrogen) atoms. The minimum absolute atomic E-state index is 0.0655. The lowest BCUT2D eigenvalue weighted by atomic mass is 9.76. The Balaban J connectivity index is 1.72. The summed E-state index contributed by atoms with van der Waals surface area (Å²) in [6.45, 7) is 0. The van der Waals surface area contributed by atoms with Gasteiger partial charge in [-0.05, 0) is 64.4 Å². The summed E-state index contributed by atoms with van der Waals surface area (Å²) in [5, 5.41) is 40.1. The molecule has 0 aliphatic heterocycles. The Hall–Kier alpha value is -4.16. The maximum absolute atomic E-state index is 11.7. The molecule has 0 heterocycles. The highest BCUT2D eigenvalue weighted by atomic mass is 16.8. The van der Waals surface area contributed by atoms with Gasteiger partial charge in [0.1, 0.15) is 0 Å². The molecule has 0 saturated carbocycles. The topological polar surface area (TPSA) is 132 Å². The first kappa shape index (κ1) is 29.3. The number of nitrogens with one attached hydrogen (secondary N) is 2. The zero-order chi connectivity index (χ0) is 30.0. The van der Waals surface area contributed by atoms with E-state index >= 15 is 0 Å². The Bertz CT molecular complexity index is 1520. The third-order valence-electron chi connectivity index (χ3n) is 8.08. The molecule has 5 unspecified atom stereocenters. The van der Waals surface area contributed by atoms with Gasteiger partial charge in [0.2, 0.25) is 0 Å². The minimum atomic E-state index is -0.989. The number of benzene rings is 4. The summed E-state index contributed by atoms with van der Waals surface area (Å²) in [6.07, 6.45) is 0.609. The number of rotatable bonds is 10. The molecule has 10 heteroatoms. The van der Waals surface area contributed by atoms with Gasteiger partial charge in [0.05, 0.1) is 28.4 Å². The van der Waals surface area contributed by atoms with Crippen LogP contribution in [-0.4, -0.2) is 38.9 Å². The monoisotopic (exact) mass is 574 g/mol. The number of fused-ring (bicyclic) bond motifs is 1. The smallest absolute Gasteiger partial charge is 0.163 e. The van der Waals surface area contributed by atoms with Crippen LogP contribution in [0.5, 0.6) is 23.0 Å². The van der Waals surface area contributed by atoms with E-state index in [0.29, 0.717) is 29.4 Å². The van der Waals surface area contributed by atoms with Gasteiger partial charge in [-0.25, -0.2) is 10.4 Å². The van der Waals surface area contributed by atoms with E-state index in [1.54, 1.807) is 52.7 Å². The third kappa shape index (κ3) is 5.51. The van der Waals surface area contributed by atoms with Crippen molar-refractivity contribution in [3.05, 3.63) is 117 Å². The van der Waals surface area contributed by atoms with Gasteiger partial charge in [-0.3, -0.25) is 0 Å². The minimum Gasteiger partial charge on any atom is -0.595 e. The highest BCUT2D eigenvalue weighted by Gasteiger charge is 2.43. The van der Waals surface area contributed by atoms with E-state index in [9.17, 15) is 20.8 Å². The summed E-state index contributed by atoms with van der Waals surface area (Å²) in [6, 6.07) is 23.9. The van der Waals surface area contributed by atoms with Gasteiger partial charge in [0.15, 0.2) is 34.4 Å². The number of hydrogen-bond donors (Lipinski definition) is 4. The molecular weight excluding hydrogens is 540 g/mol. The molecule has 220 valence electrons. The van der Waals surface area contributed by atoms with Crippen molar-refractivity contribution in [3.63, 3.8) is 0 Å². The first-order valence-corrected chi connectivity index (χ1v) is 13.4. The lowest BCUT2D eigenvalue weighted by molar-refractivity contribution is -0.991. The molecule has 0 radical (unpaired) electrons. The van der Waals surface area contributed by atoms with Crippen LogP contribution in [0.3, 0.4) is 0 Å². The molecule has 1 aliphatic rings. The van der Waals surface area contributed by atoms with Crippen LogP contribution in [0.1, 0.15) is 45.6 Å². The van der Waals surface area contributed by atoms with Crippen LogP contribution < -0.4 is 29.4 Å². The zero-order valence-corrected chi connectivity index (χ0v) is 23.8. The van der Waals surface area contributed by atoms with Crippen LogP contribution in [0.2, 0.25) is 0 Å². The van der Waals surface area contributed by atoms with E-state index in [0.717, 1.165) is 27.8 Å². The molecule has 4 aromatic carbocycles. The molecule has 0 saturated heterocycles. The van der Waals surface area contributed by atoms with Gasteiger partial charge >= 0.3 is 0 Å². The first-order chi connectivity index (χ1) is 20.3. The molecule has 0 aromatic heterocycles. The Kier molecular flexibility index (Phi) is 8.64. The largest absolute Gasteiger partial charge is 0.595 e. The van der Waals surface area contributed by atoms with Crippen molar-refractivity contribution < 1.29 is 39.8 Å². The third-order valence-corrected chi connectivity index (χ3v) is 8.08. The van der Waals surface area contributed by atoms with Gasteiger partial charge < -0.3 is 29.4 Å². The maximum Gasteiger partial charge on any atom is 0.163 e. The standard InChI is InChI=1S/C32H34N2O8/c1-39-27-14-9-21(16-28(27)40-2)32-26-18-30(42-4)29(41-3)17-24(26)25(15-19-5-10-22(11-6-19)33(35)36)31(32)20-7-12-23(13-8-20)34(37)38/h5-14,16-18,25,31-35,37H,15H2,1-4H3. The summed E-state index contributed by atoms with van der Waals surface area (Å²) in [4.78, 5) is 0. The highest BCUT2D eigenvalue weighted by Crippen LogP contribution is 2.58. The molecule has 0 bridgehead atoms. The predicted octanol–water partition coefficient (Wildman–Crippen LogP) is 3.78. The lowest BCUT2D eigenvalue weighted by Crippen LogP contribution is -2.99. The van der Waals surface area contributed by atoms with E-state index in [1.165, 1.54) is 0 Å².